The van der Waals surface area contributed by atoms with E-state index in [1.54, 1.807) is 48.1 Å². The molecule has 0 fully saturated rings. The number of aliphatic hydroxyl groups excluding tert-OH is 2. The standard InChI is InChI=1S/C19H15N3O4/c23-11-14(24)6-3-12-1-4-13(5-2-12)18-9-15(19(25)22-26)16-10-20-8-7-17(16)21-18/h1-2,4-5,7-10,14,23-24,26H,11H2,(H,22,25). The van der Waals surface area contributed by atoms with Crippen molar-refractivity contribution >= 4 is 16.8 Å². The summed E-state index contributed by atoms with van der Waals surface area (Å²) in [5.41, 5.74) is 4.44. The maximum atomic E-state index is 12.0. The van der Waals surface area contributed by atoms with E-state index in [0.29, 0.717) is 22.2 Å². The molecule has 3 rings (SSSR count). The number of amides is 1. The minimum atomic E-state index is -1.08. The van der Waals surface area contributed by atoms with E-state index < -0.39 is 18.6 Å². The topological polar surface area (TPSA) is 116 Å². The Morgan fingerprint density at radius 2 is 2.00 bits per heavy atom. The number of aliphatic hydroxyl groups is 2. The van der Waals surface area contributed by atoms with Gasteiger partial charge in [0, 0.05) is 28.9 Å². The Labute approximate surface area is 148 Å². The van der Waals surface area contributed by atoms with Gasteiger partial charge in [0.15, 0.2) is 0 Å². The van der Waals surface area contributed by atoms with Crippen molar-refractivity contribution in [2.45, 2.75) is 6.10 Å². The van der Waals surface area contributed by atoms with Gasteiger partial charge in [0.2, 0.25) is 0 Å². The molecule has 7 nitrogen and oxygen atoms in total. The van der Waals surface area contributed by atoms with Gasteiger partial charge in [0.05, 0.1) is 23.4 Å². The SMILES string of the molecule is O=C(NO)c1cc(-c2ccc(C#CC(O)CO)cc2)nc2ccncc12. The lowest BCUT2D eigenvalue weighted by atomic mass is 10.0. The highest BCUT2D eigenvalue weighted by Crippen LogP contribution is 2.24. The lowest BCUT2D eigenvalue weighted by Gasteiger charge is -2.08. The molecule has 0 aliphatic rings. The van der Waals surface area contributed by atoms with Crippen LogP contribution in [0.25, 0.3) is 22.2 Å². The summed E-state index contributed by atoms with van der Waals surface area (Å²) >= 11 is 0. The van der Waals surface area contributed by atoms with Crippen LogP contribution in [0.3, 0.4) is 0 Å². The van der Waals surface area contributed by atoms with E-state index in [2.05, 4.69) is 21.8 Å². The highest BCUT2D eigenvalue weighted by atomic mass is 16.5. The van der Waals surface area contributed by atoms with Crippen molar-refractivity contribution in [1.29, 1.82) is 0 Å². The highest BCUT2D eigenvalue weighted by Gasteiger charge is 2.13. The zero-order valence-electron chi connectivity index (χ0n) is 13.5. The molecule has 0 aliphatic carbocycles. The molecule has 4 N–H and O–H groups in total. The largest absolute Gasteiger partial charge is 0.393 e. The molecule has 0 bridgehead atoms. The minimum absolute atomic E-state index is 0.260. The van der Waals surface area contributed by atoms with Gasteiger partial charge in [-0.2, -0.15) is 0 Å². The van der Waals surface area contributed by atoms with Gasteiger partial charge in [-0.15, -0.1) is 0 Å². The fourth-order valence-corrected chi connectivity index (χ4v) is 2.40. The minimum Gasteiger partial charge on any atom is -0.393 e. The summed E-state index contributed by atoms with van der Waals surface area (Å²) in [5.74, 6) is 4.63. The lowest BCUT2D eigenvalue weighted by Crippen LogP contribution is -2.19. The third-order valence-corrected chi connectivity index (χ3v) is 3.69. The van der Waals surface area contributed by atoms with Crippen molar-refractivity contribution in [3.63, 3.8) is 0 Å². The number of nitrogens with zero attached hydrogens (tertiary/aromatic N) is 2. The van der Waals surface area contributed by atoms with E-state index >= 15 is 0 Å². The number of aromatic nitrogens is 2. The van der Waals surface area contributed by atoms with E-state index in [-0.39, 0.29) is 5.56 Å². The Bertz CT molecular complexity index is 1010. The number of benzene rings is 1. The quantitative estimate of drug-likeness (QED) is 0.320. The molecule has 1 unspecified atom stereocenters. The molecule has 0 saturated carbocycles. The number of rotatable bonds is 3. The Hall–Kier alpha value is -3.31. The molecule has 0 aliphatic heterocycles. The van der Waals surface area contributed by atoms with E-state index in [1.165, 1.54) is 6.20 Å². The van der Waals surface area contributed by atoms with Gasteiger partial charge in [-0.25, -0.2) is 10.5 Å². The number of hydroxylamine groups is 1. The Morgan fingerprint density at radius 3 is 2.69 bits per heavy atom. The Morgan fingerprint density at radius 1 is 1.23 bits per heavy atom. The lowest BCUT2D eigenvalue weighted by molar-refractivity contribution is 0.0708. The fourth-order valence-electron chi connectivity index (χ4n) is 2.40. The summed E-state index contributed by atoms with van der Waals surface area (Å²) < 4.78 is 0. The van der Waals surface area contributed by atoms with E-state index in [1.807, 2.05) is 0 Å². The van der Waals surface area contributed by atoms with E-state index in [0.717, 1.165) is 5.56 Å². The number of carbonyl (C=O) groups is 1. The van der Waals surface area contributed by atoms with Gasteiger partial charge >= 0.3 is 0 Å². The molecule has 130 valence electrons. The van der Waals surface area contributed by atoms with Crippen LogP contribution in [-0.4, -0.2) is 44.0 Å². The number of hydrogen-bond donors (Lipinski definition) is 4. The van der Waals surface area contributed by atoms with Crippen molar-refractivity contribution < 1.29 is 20.2 Å². The van der Waals surface area contributed by atoms with Gasteiger partial charge in [-0.3, -0.25) is 15.0 Å². The number of nitrogens with one attached hydrogen (secondary N) is 1. The van der Waals surface area contributed by atoms with Crippen molar-refractivity contribution in [2.24, 2.45) is 0 Å². The van der Waals surface area contributed by atoms with Crippen molar-refractivity contribution in [1.82, 2.24) is 15.4 Å². The average molecular weight is 349 g/mol. The van der Waals surface area contributed by atoms with E-state index in [4.69, 9.17) is 10.3 Å². The van der Waals surface area contributed by atoms with Crippen molar-refractivity contribution in [3.8, 4) is 23.1 Å². The van der Waals surface area contributed by atoms with Crippen LogP contribution in [0.2, 0.25) is 0 Å². The molecular formula is C19H15N3O4. The second kappa shape index (κ2) is 7.72. The first-order valence-corrected chi connectivity index (χ1v) is 7.72. The zero-order valence-corrected chi connectivity index (χ0v) is 13.5. The molecule has 3 aromatic rings. The first-order valence-electron chi connectivity index (χ1n) is 7.72. The molecule has 7 heteroatoms. The van der Waals surface area contributed by atoms with Gasteiger partial charge in [-0.05, 0) is 24.3 Å². The summed E-state index contributed by atoms with van der Waals surface area (Å²) in [4.78, 5) is 20.5. The van der Waals surface area contributed by atoms with Gasteiger partial charge in [0.1, 0.15) is 6.10 Å². The summed E-state index contributed by atoms with van der Waals surface area (Å²) in [6.45, 7) is -0.420. The second-order valence-corrected chi connectivity index (χ2v) is 5.43. The van der Waals surface area contributed by atoms with Crippen LogP contribution in [0, 0.1) is 11.8 Å². The summed E-state index contributed by atoms with van der Waals surface area (Å²) in [6.07, 6.45) is 2.01. The van der Waals surface area contributed by atoms with Crippen LogP contribution < -0.4 is 5.48 Å². The second-order valence-electron chi connectivity index (χ2n) is 5.43. The number of fused-ring (bicyclic) bond motifs is 1. The van der Waals surface area contributed by atoms with Crippen LogP contribution in [-0.2, 0) is 0 Å². The molecule has 26 heavy (non-hydrogen) atoms. The normalized spacial score (nSPS) is 11.5. The maximum Gasteiger partial charge on any atom is 0.275 e. The molecule has 1 amide bonds. The predicted molar refractivity (Wildman–Crippen MR) is 94.2 cm³/mol. The summed E-state index contributed by atoms with van der Waals surface area (Å²) in [5, 5.41) is 27.5. The zero-order chi connectivity index (χ0) is 18.5. The van der Waals surface area contributed by atoms with Crippen LogP contribution in [0.15, 0.2) is 48.8 Å². The highest BCUT2D eigenvalue weighted by molar-refractivity contribution is 6.06. The van der Waals surface area contributed by atoms with Crippen molar-refractivity contribution in [2.75, 3.05) is 6.61 Å². The van der Waals surface area contributed by atoms with Gasteiger partial charge in [-0.1, -0.05) is 24.0 Å². The Kier molecular flexibility index (Phi) is 5.20. The smallest absolute Gasteiger partial charge is 0.275 e. The molecule has 0 saturated heterocycles. The number of hydrogen-bond acceptors (Lipinski definition) is 6. The summed E-state index contributed by atoms with van der Waals surface area (Å²) in [7, 11) is 0. The average Bonchev–Trinajstić information content (AvgIpc) is 2.70. The van der Waals surface area contributed by atoms with Crippen LogP contribution in [0.5, 0.6) is 0 Å². The first kappa shape index (κ1) is 17.5. The van der Waals surface area contributed by atoms with E-state index in [9.17, 15) is 9.90 Å². The van der Waals surface area contributed by atoms with Crippen LogP contribution >= 0.6 is 0 Å². The first-order chi connectivity index (χ1) is 12.6. The monoisotopic (exact) mass is 349 g/mol. The third kappa shape index (κ3) is 3.68. The molecule has 0 radical (unpaired) electrons. The Balaban J connectivity index is 2.02. The molecule has 1 aromatic carbocycles. The maximum absolute atomic E-state index is 12.0. The fraction of sp³-hybridized carbons (Fsp3) is 0.105. The van der Waals surface area contributed by atoms with Crippen molar-refractivity contribution in [3.05, 3.63) is 59.9 Å². The van der Waals surface area contributed by atoms with Gasteiger partial charge < -0.3 is 10.2 Å². The molecule has 2 aromatic heterocycles. The third-order valence-electron chi connectivity index (χ3n) is 3.69. The predicted octanol–water partition coefficient (Wildman–Crippen LogP) is 1.12. The molecule has 2 heterocycles. The van der Waals surface area contributed by atoms with Gasteiger partial charge in [0.25, 0.3) is 5.91 Å². The summed E-state index contributed by atoms with van der Waals surface area (Å²) in [6, 6.07) is 10.3. The molecule has 0 spiro atoms. The number of pyridine rings is 2. The van der Waals surface area contributed by atoms with Crippen LogP contribution in [0.1, 0.15) is 15.9 Å². The number of carbonyl (C=O) groups excluding carboxylic acids is 1. The molecule has 1 atom stereocenters. The molecular weight excluding hydrogens is 334 g/mol. The van der Waals surface area contributed by atoms with Crippen LogP contribution in [0.4, 0.5) is 0 Å².